The summed E-state index contributed by atoms with van der Waals surface area (Å²) in [6.45, 7) is 0. The van der Waals surface area contributed by atoms with Gasteiger partial charge < -0.3 is 5.32 Å². The van der Waals surface area contributed by atoms with E-state index in [0.717, 1.165) is 12.8 Å². The lowest BCUT2D eigenvalue weighted by molar-refractivity contribution is 0.447. The van der Waals surface area contributed by atoms with E-state index >= 15 is 0 Å². The van der Waals surface area contributed by atoms with E-state index in [0.29, 0.717) is 23.6 Å². The maximum atomic E-state index is 13.9. The molecule has 1 nitrogen and oxygen atoms in total. The molecule has 0 amide bonds. The highest BCUT2D eigenvalue weighted by Gasteiger charge is 2.39. The van der Waals surface area contributed by atoms with Gasteiger partial charge in [-0.15, -0.1) is 0 Å². The molecule has 2 heteroatoms. The van der Waals surface area contributed by atoms with Crippen LogP contribution in [0.5, 0.6) is 0 Å². The Morgan fingerprint density at radius 2 is 1.38 bits per heavy atom. The number of hydrogen-bond donors (Lipinski definition) is 1. The molecule has 0 radical (unpaired) electrons. The zero-order valence-corrected chi connectivity index (χ0v) is 12.1. The topological polar surface area (TPSA) is 12.0 Å². The molecule has 2 aliphatic rings. The van der Waals surface area contributed by atoms with Crippen LogP contribution in [0.2, 0.25) is 0 Å². The summed E-state index contributed by atoms with van der Waals surface area (Å²) in [4.78, 5) is 0. The third kappa shape index (κ3) is 2.33. The Morgan fingerprint density at radius 3 is 2.00 bits per heavy atom. The van der Waals surface area contributed by atoms with Gasteiger partial charge in [-0.25, -0.2) is 4.39 Å². The highest BCUT2D eigenvalue weighted by atomic mass is 19.1. The minimum Gasteiger partial charge on any atom is -0.379 e. The van der Waals surface area contributed by atoms with Gasteiger partial charge in [-0.2, -0.15) is 0 Å². The van der Waals surface area contributed by atoms with Gasteiger partial charge in [-0.1, -0.05) is 36.4 Å². The van der Waals surface area contributed by atoms with Crippen LogP contribution in [0.15, 0.2) is 48.5 Å². The van der Waals surface area contributed by atoms with Crippen molar-refractivity contribution in [2.75, 3.05) is 5.32 Å². The van der Waals surface area contributed by atoms with Gasteiger partial charge in [-0.3, -0.25) is 0 Å². The highest BCUT2D eigenvalue weighted by Crippen LogP contribution is 2.41. The predicted octanol–water partition coefficient (Wildman–Crippen LogP) is 4.43. The van der Waals surface area contributed by atoms with Crippen molar-refractivity contribution in [2.24, 2.45) is 11.8 Å². The second kappa shape index (κ2) is 5.18. The minimum atomic E-state index is -0.140. The van der Waals surface area contributed by atoms with Gasteiger partial charge in [0.1, 0.15) is 5.82 Å². The van der Waals surface area contributed by atoms with E-state index in [-0.39, 0.29) is 5.82 Å². The van der Waals surface area contributed by atoms with E-state index < -0.39 is 0 Å². The van der Waals surface area contributed by atoms with Gasteiger partial charge in [0.15, 0.2) is 0 Å². The molecule has 0 aliphatic heterocycles. The summed E-state index contributed by atoms with van der Waals surface area (Å²) in [6.07, 6.45) is 4.76. The van der Waals surface area contributed by atoms with Crippen molar-refractivity contribution in [2.45, 2.75) is 31.7 Å². The van der Waals surface area contributed by atoms with Crippen molar-refractivity contribution in [1.82, 2.24) is 0 Å². The molecule has 2 aromatic rings. The van der Waals surface area contributed by atoms with Crippen LogP contribution in [0.4, 0.5) is 10.1 Å². The fourth-order valence-electron chi connectivity index (χ4n) is 4.14. The zero-order valence-electron chi connectivity index (χ0n) is 12.1. The number of benzene rings is 2. The first-order chi connectivity index (χ1) is 10.3. The van der Waals surface area contributed by atoms with Crippen molar-refractivity contribution < 1.29 is 4.39 Å². The Balaban J connectivity index is 1.62. The first-order valence-electron chi connectivity index (χ1n) is 7.89. The molecule has 2 aliphatic carbocycles. The van der Waals surface area contributed by atoms with E-state index in [4.69, 9.17) is 0 Å². The molecule has 108 valence electrons. The fraction of sp³-hybridized carbons (Fsp3) is 0.368. The van der Waals surface area contributed by atoms with E-state index in [9.17, 15) is 4.39 Å². The van der Waals surface area contributed by atoms with Crippen molar-refractivity contribution in [3.8, 4) is 0 Å². The second-order valence-corrected chi connectivity index (χ2v) is 6.42. The van der Waals surface area contributed by atoms with Gasteiger partial charge in [0, 0.05) is 6.04 Å². The lowest BCUT2D eigenvalue weighted by Gasteiger charge is -2.25. The molecule has 2 aromatic carbocycles. The number of rotatable bonds is 2. The van der Waals surface area contributed by atoms with Gasteiger partial charge in [-0.05, 0) is 60.8 Å². The van der Waals surface area contributed by atoms with Crippen LogP contribution < -0.4 is 5.32 Å². The Labute approximate surface area is 125 Å². The van der Waals surface area contributed by atoms with Crippen LogP contribution in [0.1, 0.15) is 24.0 Å². The monoisotopic (exact) mass is 281 g/mol. The molecule has 0 spiro atoms. The van der Waals surface area contributed by atoms with Gasteiger partial charge >= 0.3 is 0 Å². The molecule has 2 bridgehead atoms. The highest BCUT2D eigenvalue weighted by molar-refractivity contribution is 5.46. The summed E-state index contributed by atoms with van der Waals surface area (Å²) in [5.74, 6) is 1.11. The maximum absolute atomic E-state index is 13.9. The number of nitrogens with one attached hydrogen (secondary N) is 1. The normalized spacial score (nSPS) is 27.0. The SMILES string of the molecule is Fc1ccccc1NC1C2CCC1Cc1ccccc1C2. The maximum Gasteiger partial charge on any atom is 0.146 e. The summed E-state index contributed by atoms with van der Waals surface area (Å²) in [5.41, 5.74) is 3.64. The number of para-hydroxylation sites is 1. The van der Waals surface area contributed by atoms with E-state index in [1.54, 1.807) is 6.07 Å². The quantitative estimate of drug-likeness (QED) is 0.858. The molecular weight excluding hydrogens is 261 g/mol. The summed E-state index contributed by atoms with van der Waals surface area (Å²) >= 11 is 0. The summed E-state index contributed by atoms with van der Waals surface area (Å²) in [7, 11) is 0. The Bertz CT molecular complexity index is 619. The Morgan fingerprint density at radius 1 is 0.810 bits per heavy atom. The number of anilines is 1. The average molecular weight is 281 g/mol. The molecular formula is C19H20FN. The smallest absolute Gasteiger partial charge is 0.146 e. The molecule has 0 saturated heterocycles. The Hall–Kier alpha value is -1.83. The third-order valence-corrected chi connectivity index (χ3v) is 5.20. The first-order valence-corrected chi connectivity index (χ1v) is 7.89. The summed E-state index contributed by atoms with van der Waals surface area (Å²) < 4.78 is 13.9. The predicted molar refractivity (Wildman–Crippen MR) is 83.9 cm³/mol. The third-order valence-electron chi connectivity index (χ3n) is 5.20. The molecule has 1 fully saturated rings. The van der Waals surface area contributed by atoms with Gasteiger partial charge in [0.2, 0.25) is 0 Å². The lowest BCUT2D eigenvalue weighted by atomic mass is 9.94. The fourth-order valence-corrected chi connectivity index (χ4v) is 4.14. The molecule has 1 N–H and O–H groups in total. The van der Waals surface area contributed by atoms with Crippen LogP contribution in [0, 0.1) is 17.7 Å². The van der Waals surface area contributed by atoms with Gasteiger partial charge in [0.05, 0.1) is 5.69 Å². The van der Waals surface area contributed by atoms with Crippen molar-refractivity contribution in [3.05, 3.63) is 65.5 Å². The number of halogens is 1. The molecule has 2 unspecified atom stereocenters. The number of fused-ring (bicyclic) bond motifs is 3. The van der Waals surface area contributed by atoms with Crippen molar-refractivity contribution in [3.63, 3.8) is 0 Å². The Kier molecular flexibility index (Phi) is 3.17. The van der Waals surface area contributed by atoms with Crippen molar-refractivity contribution in [1.29, 1.82) is 0 Å². The van der Waals surface area contributed by atoms with Crippen molar-refractivity contribution >= 4 is 5.69 Å². The van der Waals surface area contributed by atoms with Crippen LogP contribution in [-0.4, -0.2) is 6.04 Å². The van der Waals surface area contributed by atoms with Crippen LogP contribution in [0.25, 0.3) is 0 Å². The van der Waals surface area contributed by atoms with E-state index in [2.05, 4.69) is 29.6 Å². The van der Waals surface area contributed by atoms with Gasteiger partial charge in [0.25, 0.3) is 0 Å². The molecule has 0 heterocycles. The molecule has 4 rings (SSSR count). The molecule has 2 atom stereocenters. The second-order valence-electron chi connectivity index (χ2n) is 6.42. The zero-order chi connectivity index (χ0) is 14.2. The van der Waals surface area contributed by atoms with Crippen LogP contribution in [-0.2, 0) is 12.8 Å². The first kappa shape index (κ1) is 12.9. The molecule has 0 aromatic heterocycles. The largest absolute Gasteiger partial charge is 0.379 e. The minimum absolute atomic E-state index is 0.140. The van der Waals surface area contributed by atoms with Crippen LogP contribution >= 0.6 is 0 Å². The van der Waals surface area contributed by atoms with E-state index in [1.807, 2.05) is 12.1 Å². The summed E-state index contributed by atoms with van der Waals surface area (Å²) in [5, 5.41) is 3.51. The number of hydrogen-bond acceptors (Lipinski definition) is 1. The standard InChI is InChI=1S/C19H20FN/c20-17-7-3-4-8-18(17)21-19-15-9-10-16(19)12-14-6-2-1-5-13(14)11-15/h1-8,15-16,19,21H,9-12H2. The summed E-state index contributed by atoms with van der Waals surface area (Å²) in [6, 6.07) is 16.2. The average Bonchev–Trinajstić information content (AvgIpc) is 2.76. The lowest BCUT2D eigenvalue weighted by Crippen LogP contribution is -2.31. The molecule has 21 heavy (non-hydrogen) atoms. The van der Waals surface area contributed by atoms with Crippen LogP contribution in [0.3, 0.4) is 0 Å². The molecule has 1 saturated carbocycles. The van der Waals surface area contributed by atoms with E-state index in [1.165, 1.54) is 30.0 Å².